The molecule has 1 aliphatic heterocycles. The van der Waals surface area contributed by atoms with Gasteiger partial charge >= 0.3 is 0 Å². The van der Waals surface area contributed by atoms with E-state index < -0.39 is 0 Å². The number of hydrogen-bond acceptors (Lipinski definition) is 3. The van der Waals surface area contributed by atoms with Crippen LogP contribution in [0.1, 0.15) is 59.3 Å². The minimum Gasteiger partial charge on any atom is -0.370 e. The Hall–Kier alpha value is -0.730. The number of guanidine groups is 1. The van der Waals surface area contributed by atoms with Crippen molar-refractivity contribution in [2.75, 3.05) is 6.54 Å². The highest BCUT2D eigenvalue weighted by atomic mass is 15.4. The van der Waals surface area contributed by atoms with Crippen LogP contribution in [0.5, 0.6) is 0 Å². The van der Waals surface area contributed by atoms with Gasteiger partial charge < -0.3 is 10.6 Å². The molecule has 0 radical (unpaired) electrons. The van der Waals surface area contributed by atoms with Crippen LogP contribution < -0.4 is 5.73 Å². The Balaban J connectivity index is 2.13. The van der Waals surface area contributed by atoms with E-state index in [4.69, 9.17) is 5.73 Å². The summed E-state index contributed by atoms with van der Waals surface area (Å²) in [6.45, 7) is 7.71. The molecule has 2 rings (SSSR count). The van der Waals surface area contributed by atoms with Crippen LogP contribution in [0.15, 0.2) is 4.99 Å². The molecule has 2 unspecified atom stereocenters. The van der Waals surface area contributed by atoms with E-state index in [1.807, 2.05) is 0 Å². The third-order valence-corrected chi connectivity index (χ3v) is 4.66. The summed E-state index contributed by atoms with van der Waals surface area (Å²) in [6, 6.07) is 0.472. The molecule has 0 aromatic rings. The van der Waals surface area contributed by atoms with Crippen LogP contribution in [0.2, 0.25) is 0 Å². The van der Waals surface area contributed by atoms with Gasteiger partial charge in [0.15, 0.2) is 5.96 Å². The van der Waals surface area contributed by atoms with Crippen LogP contribution >= 0.6 is 0 Å². The molecule has 0 bridgehead atoms. The third kappa shape index (κ3) is 2.29. The molecule has 2 aliphatic rings. The molecule has 1 heterocycles. The summed E-state index contributed by atoms with van der Waals surface area (Å²) >= 11 is 0. The number of nitrogens with zero attached hydrogens (tertiary/aromatic N) is 2. The first-order chi connectivity index (χ1) is 8.09. The van der Waals surface area contributed by atoms with Crippen molar-refractivity contribution >= 4 is 5.96 Å². The van der Waals surface area contributed by atoms with Crippen molar-refractivity contribution in [2.24, 2.45) is 16.6 Å². The van der Waals surface area contributed by atoms with Gasteiger partial charge in [-0.05, 0) is 39.0 Å². The number of aliphatic imine (C=N–C) groups is 1. The van der Waals surface area contributed by atoms with Crippen molar-refractivity contribution in [3.8, 4) is 0 Å². The summed E-state index contributed by atoms with van der Waals surface area (Å²) in [4.78, 5) is 6.92. The maximum absolute atomic E-state index is 6.08. The molecule has 3 nitrogen and oxygen atoms in total. The number of hydrogen-bond donors (Lipinski definition) is 1. The first-order valence-electron chi connectivity index (χ1n) is 7.18. The second-order valence-corrected chi connectivity index (χ2v) is 6.07. The van der Waals surface area contributed by atoms with Crippen molar-refractivity contribution in [3.63, 3.8) is 0 Å². The first kappa shape index (κ1) is 12.7. The fourth-order valence-electron chi connectivity index (χ4n) is 3.70. The molecule has 1 spiro atoms. The van der Waals surface area contributed by atoms with Gasteiger partial charge in [-0.3, -0.25) is 4.99 Å². The van der Waals surface area contributed by atoms with E-state index in [0.717, 1.165) is 18.4 Å². The Kier molecular flexibility index (Phi) is 3.64. The average Bonchev–Trinajstić information content (AvgIpc) is 2.48. The Morgan fingerprint density at radius 1 is 1.41 bits per heavy atom. The van der Waals surface area contributed by atoms with Crippen LogP contribution in [-0.4, -0.2) is 29.0 Å². The molecular formula is C14H27N3. The predicted molar refractivity (Wildman–Crippen MR) is 73.1 cm³/mol. The van der Waals surface area contributed by atoms with Gasteiger partial charge in [0.25, 0.3) is 0 Å². The van der Waals surface area contributed by atoms with Crippen molar-refractivity contribution < 1.29 is 0 Å². The van der Waals surface area contributed by atoms with E-state index in [0.29, 0.717) is 6.04 Å². The second-order valence-electron chi connectivity index (χ2n) is 6.07. The zero-order valence-corrected chi connectivity index (χ0v) is 11.6. The van der Waals surface area contributed by atoms with E-state index in [2.05, 4.69) is 30.7 Å². The zero-order chi connectivity index (χ0) is 12.5. The molecule has 2 N–H and O–H groups in total. The van der Waals surface area contributed by atoms with Gasteiger partial charge in [0.05, 0.1) is 12.1 Å². The number of nitrogens with two attached hydrogens (primary N) is 1. The van der Waals surface area contributed by atoms with Crippen LogP contribution in [0.4, 0.5) is 0 Å². The van der Waals surface area contributed by atoms with Gasteiger partial charge in [0.1, 0.15) is 0 Å². The van der Waals surface area contributed by atoms with Gasteiger partial charge in [-0.15, -0.1) is 0 Å². The van der Waals surface area contributed by atoms with E-state index in [1.54, 1.807) is 0 Å². The fourth-order valence-corrected chi connectivity index (χ4v) is 3.70. The maximum Gasteiger partial charge on any atom is 0.192 e. The summed E-state index contributed by atoms with van der Waals surface area (Å²) in [6.07, 6.45) is 7.95. The van der Waals surface area contributed by atoms with Crippen molar-refractivity contribution in [1.82, 2.24) is 4.90 Å². The van der Waals surface area contributed by atoms with Crippen molar-refractivity contribution in [3.05, 3.63) is 0 Å². The Bertz CT molecular complexity index is 298. The molecule has 0 aromatic heterocycles. The smallest absolute Gasteiger partial charge is 0.192 e. The molecule has 17 heavy (non-hydrogen) atoms. The quantitative estimate of drug-likeness (QED) is 0.802. The van der Waals surface area contributed by atoms with E-state index in [1.165, 1.54) is 38.5 Å². The lowest BCUT2D eigenvalue weighted by Crippen LogP contribution is -2.54. The lowest BCUT2D eigenvalue weighted by atomic mass is 9.87. The molecule has 1 fully saturated rings. The minimum atomic E-state index is 0.252. The minimum absolute atomic E-state index is 0.252. The highest BCUT2D eigenvalue weighted by molar-refractivity contribution is 5.81. The van der Waals surface area contributed by atoms with Crippen molar-refractivity contribution in [2.45, 2.75) is 70.9 Å². The molecule has 0 aromatic carbocycles. The maximum atomic E-state index is 6.08. The predicted octanol–water partition coefficient (Wildman–Crippen LogP) is 2.75. The van der Waals surface area contributed by atoms with Gasteiger partial charge in [0.2, 0.25) is 0 Å². The third-order valence-electron chi connectivity index (χ3n) is 4.66. The Morgan fingerprint density at radius 2 is 2.18 bits per heavy atom. The van der Waals surface area contributed by atoms with E-state index in [-0.39, 0.29) is 5.54 Å². The lowest BCUT2D eigenvalue weighted by Gasteiger charge is -2.41. The summed E-state index contributed by atoms with van der Waals surface area (Å²) in [5.41, 5.74) is 6.33. The molecule has 0 amide bonds. The monoisotopic (exact) mass is 237 g/mol. The zero-order valence-electron chi connectivity index (χ0n) is 11.6. The standard InChI is InChI=1S/C14H27N3/c1-4-12-6-5-8-14(9-7-12)10-16-13(15)17(14)11(2)3/h11-12H,4-10H2,1-3H3,(H2,15,16). The largest absolute Gasteiger partial charge is 0.370 e. The summed E-state index contributed by atoms with van der Waals surface area (Å²) in [5, 5.41) is 0. The average molecular weight is 237 g/mol. The molecule has 3 heteroatoms. The summed E-state index contributed by atoms with van der Waals surface area (Å²) < 4.78 is 0. The SMILES string of the molecule is CCC1CCCC2(CC1)CN=C(N)N2C(C)C. The van der Waals surface area contributed by atoms with Crippen LogP contribution in [-0.2, 0) is 0 Å². The van der Waals surface area contributed by atoms with Crippen LogP contribution in [0, 0.1) is 5.92 Å². The Labute approximate surface area is 105 Å². The van der Waals surface area contributed by atoms with E-state index >= 15 is 0 Å². The van der Waals surface area contributed by atoms with Gasteiger partial charge in [-0.1, -0.05) is 26.2 Å². The molecule has 98 valence electrons. The summed E-state index contributed by atoms with van der Waals surface area (Å²) in [5.74, 6) is 1.69. The second kappa shape index (κ2) is 4.87. The van der Waals surface area contributed by atoms with Crippen LogP contribution in [0.3, 0.4) is 0 Å². The highest BCUT2D eigenvalue weighted by Gasteiger charge is 2.43. The van der Waals surface area contributed by atoms with Crippen LogP contribution in [0.25, 0.3) is 0 Å². The molecule has 2 atom stereocenters. The molecular weight excluding hydrogens is 210 g/mol. The molecule has 1 saturated carbocycles. The molecule has 0 saturated heterocycles. The normalized spacial score (nSPS) is 34.2. The fraction of sp³-hybridized carbons (Fsp3) is 0.929. The number of rotatable bonds is 2. The molecule has 1 aliphatic carbocycles. The highest BCUT2D eigenvalue weighted by Crippen LogP contribution is 2.39. The van der Waals surface area contributed by atoms with Crippen molar-refractivity contribution in [1.29, 1.82) is 0 Å². The lowest BCUT2D eigenvalue weighted by molar-refractivity contribution is 0.142. The summed E-state index contributed by atoms with van der Waals surface area (Å²) in [7, 11) is 0. The van der Waals surface area contributed by atoms with Gasteiger partial charge in [0, 0.05) is 6.04 Å². The Morgan fingerprint density at radius 3 is 2.82 bits per heavy atom. The topological polar surface area (TPSA) is 41.6 Å². The van der Waals surface area contributed by atoms with E-state index in [9.17, 15) is 0 Å². The van der Waals surface area contributed by atoms with Gasteiger partial charge in [-0.2, -0.15) is 0 Å². The van der Waals surface area contributed by atoms with Gasteiger partial charge in [-0.25, -0.2) is 0 Å². The first-order valence-corrected chi connectivity index (χ1v) is 7.18.